The van der Waals surface area contributed by atoms with Gasteiger partial charge in [-0.25, -0.2) is 4.98 Å². The zero-order valence-electron chi connectivity index (χ0n) is 17.3. The van der Waals surface area contributed by atoms with E-state index < -0.39 is 10.2 Å². The molecule has 1 heterocycles. The molecule has 0 bridgehead atoms. The van der Waals surface area contributed by atoms with Crippen molar-refractivity contribution in [2.24, 2.45) is 5.92 Å². The fourth-order valence-corrected chi connectivity index (χ4v) is 4.52. The van der Waals surface area contributed by atoms with Crippen molar-refractivity contribution in [1.82, 2.24) is 4.98 Å². The minimum Gasteiger partial charge on any atom is -0.325 e. The fraction of sp³-hybridized carbons (Fsp3) is 0.409. The molecule has 0 fully saturated rings. The Labute approximate surface area is 180 Å². The highest BCUT2D eigenvalue weighted by atomic mass is 32.2. The number of fused-ring (bicyclic) bond motifs is 1. The molecule has 1 amide bonds. The van der Waals surface area contributed by atoms with Crippen LogP contribution in [0.4, 0.5) is 11.4 Å². The van der Waals surface area contributed by atoms with Gasteiger partial charge in [0.15, 0.2) is 0 Å². The molecule has 7 nitrogen and oxygen atoms in total. The molecule has 1 aromatic heterocycles. The second kappa shape index (κ2) is 9.26. The van der Waals surface area contributed by atoms with Crippen LogP contribution in [0.3, 0.4) is 0 Å². The van der Waals surface area contributed by atoms with E-state index in [9.17, 15) is 20.2 Å². The molecule has 0 saturated carbocycles. The molecule has 2 aromatic rings. The van der Waals surface area contributed by atoms with Gasteiger partial charge in [0, 0.05) is 17.8 Å². The minimum atomic E-state index is -0.488. The third-order valence-corrected chi connectivity index (χ3v) is 6.69. The highest BCUT2D eigenvalue weighted by Crippen LogP contribution is 2.33. The Bertz CT molecular complexity index is 1030. The summed E-state index contributed by atoms with van der Waals surface area (Å²) in [6.07, 6.45) is 3.41. The second-order valence-electron chi connectivity index (χ2n) is 7.67. The van der Waals surface area contributed by atoms with Crippen LogP contribution in [0.25, 0.3) is 0 Å². The number of nitro groups is 1. The van der Waals surface area contributed by atoms with Gasteiger partial charge in [-0.1, -0.05) is 31.7 Å². The Morgan fingerprint density at radius 3 is 2.90 bits per heavy atom. The lowest BCUT2D eigenvalue weighted by molar-refractivity contribution is -0.384. The van der Waals surface area contributed by atoms with E-state index >= 15 is 0 Å². The number of pyridine rings is 1. The molecule has 2 atom stereocenters. The number of hydrogen-bond acceptors (Lipinski definition) is 6. The summed E-state index contributed by atoms with van der Waals surface area (Å²) in [4.78, 5) is 28.2. The van der Waals surface area contributed by atoms with Crippen molar-refractivity contribution in [3.8, 4) is 6.07 Å². The standard InChI is InChI=1S/C22H24N4O3S/c1-4-20(21(27)24-19-11-17(26(28)29)7-6-14(19)3)30-22-16(12-23)10-15-9-13(2)5-8-18(15)25-22/h6-7,10-11,13,20H,4-5,8-9H2,1-3H3,(H,24,27). The maximum Gasteiger partial charge on any atom is 0.271 e. The van der Waals surface area contributed by atoms with Crippen LogP contribution in [0.2, 0.25) is 0 Å². The van der Waals surface area contributed by atoms with Gasteiger partial charge in [0.05, 0.1) is 21.4 Å². The lowest BCUT2D eigenvalue weighted by atomic mass is 9.87. The third kappa shape index (κ3) is 4.79. The lowest BCUT2D eigenvalue weighted by Gasteiger charge is -2.22. The Hall–Kier alpha value is -2.92. The number of nitro benzene ring substituents is 1. The van der Waals surface area contributed by atoms with Crippen LogP contribution in [0.15, 0.2) is 29.3 Å². The molecule has 156 valence electrons. The van der Waals surface area contributed by atoms with Gasteiger partial charge in [-0.15, -0.1) is 0 Å². The average molecular weight is 425 g/mol. The summed E-state index contributed by atoms with van der Waals surface area (Å²) in [5.41, 5.74) is 3.71. The van der Waals surface area contributed by atoms with E-state index in [2.05, 4.69) is 18.3 Å². The van der Waals surface area contributed by atoms with Crippen LogP contribution >= 0.6 is 11.8 Å². The minimum absolute atomic E-state index is 0.0750. The van der Waals surface area contributed by atoms with Gasteiger partial charge in [-0.3, -0.25) is 14.9 Å². The van der Waals surface area contributed by atoms with Gasteiger partial charge in [0.25, 0.3) is 5.69 Å². The monoisotopic (exact) mass is 424 g/mol. The maximum absolute atomic E-state index is 12.9. The van der Waals surface area contributed by atoms with Crippen LogP contribution in [-0.4, -0.2) is 21.1 Å². The number of non-ortho nitro benzene ring substituents is 1. The van der Waals surface area contributed by atoms with Crippen molar-refractivity contribution in [2.45, 2.75) is 56.7 Å². The number of anilines is 1. The molecule has 0 radical (unpaired) electrons. The molecule has 1 aliphatic carbocycles. The number of nitrogens with one attached hydrogen (secondary N) is 1. The van der Waals surface area contributed by atoms with Crippen molar-refractivity contribution in [1.29, 1.82) is 5.26 Å². The Morgan fingerprint density at radius 1 is 1.47 bits per heavy atom. The zero-order chi connectivity index (χ0) is 21.8. The third-order valence-electron chi connectivity index (χ3n) is 5.33. The number of benzene rings is 1. The number of aryl methyl sites for hydroxylation is 2. The van der Waals surface area contributed by atoms with Crippen molar-refractivity contribution >= 4 is 29.0 Å². The number of nitrogens with zero attached hydrogens (tertiary/aromatic N) is 3. The number of nitriles is 1. The topological polar surface area (TPSA) is 109 Å². The van der Waals surface area contributed by atoms with E-state index in [1.807, 2.05) is 13.0 Å². The number of carbonyl (C=O) groups excluding carboxylic acids is 1. The van der Waals surface area contributed by atoms with Gasteiger partial charge < -0.3 is 5.32 Å². The number of carbonyl (C=O) groups is 1. The fourth-order valence-electron chi connectivity index (χ4n) is 3.53. The molecule has 30 heavy (non-hydrogen) atoms. The molecule has 0 spiro atoms. The quantitative estimate of drug-likeness (QED) is 0.405. The normalized spacial score (nSPS) is 16.3. The largest absolute Gasteiger partial charge is 0.325 e. The van der Waals surface area contributed by atoms with Gasteiger partial charge in [-0.2, -0.15) is 5.26 Å². The molecule has 8 heteroatoms. The molecular formula is C22H24N4O3S. The lowest BCUT2D eigenvalue weighted by Crippen LogP contribution is -2.25. The zero-order valence-corrected chi connectivity index (χ0v) is 18.1. The number of amides is 1. The van der Waals surface area contributed by atoms with Crippen molar-refractivity contribution < 1.29 is 9.72 Å². The van der Waals surface area contributed by atoms with E-state index in [-0.39, 0.29) is 11.6 Å². The molecule has 1 aromatic carbocycles. The van der Waals surface area contributed by atoms with E-state index in [4.69, 9.17) is 4.98 Å². The van der Waals surface area contributed by atoms with Crippen molar-refractivity contribution in [2.75, 3.05) is 5.32 Å². The highest BCUT2D eigenvalue weighted by molar-refractivity contribution is 8.00. The first kappa shape index (κ1) is 21.8. The summed E-state index contributed by atoms with van der Waals surface area (Å²) >= 11 is 1.28. The molecule has 3 rings (SSSR count). The van der Waals surface area contributed by atoms with Crippen molar-refractivity contribution in [3.05, 3.63) is 56.8 Å². The van der Waals surface area contributed by atoms with Crippen LogP contribution in [-0.2, 0) is 17.6 Å². The Morgan fingerprint density at radius 2 is 2.23 bits per heavy atom. The number of thioether (sulfide) groups is 1. The number of aromatic nitrogens is 1. The van der Waals surface area contributed by atoms with Gasteiger partial charge in [-0.05, 0) is 55.7 Å². The molecule has 1 N–H and O–H groups in total. The summed E-state index contributed by atoms with van der Waals surface area (Å²) in [6.45, 7) is 5.88. The van der Waals surface area contributed by atoms with Crippen LogP contribution in [0.5, 0.6) is 0 Å². The molecule has 2 unspecified atom stereocenters. The first-order valence-corrected chi connectivity index (χ1v) is 10.9. The Balaban J connectivity index is 1.82. The van der Waals surface area contributed by atoms with E-state index in [1.165, 1.54) is 23.9 Å². The number of hydrogen-bond donors (Lipinski definition) is 1. The van der Waals surface area contributed by atoms with E-state index in [1.54, 1.807) is 13.0 Å². The van der Waals surface area contributed by atoms with Crippen LogP contribution in [0, 0.1) is 34.3 Å². The first-order valence-electron chi connectivity index (χ1n) is 9.97. The van der Waals surface area contributed by atoms with Crippen LogP contribution < -0.4 is 5.32 Å². The van der Waals surface area contributed by atoms with Gasteiger partial charge >= 0.3 is 0 Å². The van der Waals surface area contributed by atoms with E-state index in [0.717, 1.165) is 36.1 Å². The average Bonchev–Trinajstić information content (AvgIpc) is 2.72. The first-order chi connectivity index (χ1) is 14.3. The smallest absolute Gasteiger partial charge is 0.271 e. The predicted molar refractivity (Wildman–Crippen MR) is 117 cm³/mol. The summed E-state index contributed by atoms with van der Waals surface area (Å²) in [5.74, 6) is 0.319. The molecule has 0 saturated heterocycles. The molecule has 1 aliphatic rings. The SMILES string of the molecule is CCC(Sc1nc2c(cc1C#N)CC(C)CC2)C(=O)Nc1cc([N+](=O)[O-])ccc1C. The maximum atomic E-state index is 12.9. The molecule has 0 aliphatic heterocycles. The summed E-state index contributed by atoms with van der Waals surface area (Å²) in [5, 5.41) is 23.5. The van der Waals surface area contributed by atoms with Gasteiger partial charge in [0.1, 0.15) is 11.1 Å². The molecular weight excluding hydrogens is 400 g/mol. The summed E-state index contributed by atoms with van der Waals surface area (Å²) < 4.78 is 0. The van der Waals surface area contributed by atoms with E-state index in [0.29, 0.717) is 28.6 Å². The number of rotatable bonds is 6. The van der Waals surface area contributed by atoms with Crippen molar-refractivity contribution in [3.63, 3.8) is 0 Å². The highest BCUT2D eigenvalue weighted by Gasteiger charge is 2.24. The van der Waals surface area contributed by atoms with Gasteiger partial charge in [0.2, 0.25) is 5.91 Å². The Kier molecular flexibility index (Phi) is 6.73. The predicted octanol–water partition coefficient (Wildman–Crippen LogP) is 4.80. The summed E-state index contributed by atoms with van der Waals surface area (Å²) in [6, 6.07) is 8.52. The van der Waals surface area contributed by atoms with Crippen LogP contribution in [0.1, 0.15) is 49.1 Å². The second-order valence-corrected chi connectivity index (χ2v) is 8.86. The summed E-state index contributed by atoms with van der Waals surface area (Å²) in [7, 11) is 0.